The number of hydrogen-bond acceptors (Lipinski definition) is 3. The zero-order valence-corrected chi connectivity index (χ0v) is 23.8. The van der Waals surface area contributed by atoms with E-state index in [2.05, 4.69) is 27.7 Å². The van der Waals surface area contributed by atoms with Crippen molar-refractivity contribution in [2.24, 2.45) is 11.8 Å². The van der Waals surface area contributed by atoms with Gasteiger partial charge in [0.05, 0.1) is 0 Å². The van der Waals surface area contributed by atoms with Gasteiger partial charge < -0.3 is 4.57 Å². The van der Waals surface area contributed by atoms with E-state index in [-0.39, 0.29) is 5.30 Å². The van der Waals surface area contributed by atoms with Crippen LogP contribution in [0.5, 0.6) is 0 Å². The fraction of sp³-hybridized carbons (Fsp3) is 0.375. The molecule has 0 unspecified atom stereocenters. The molecule has 0 amide bonds. The van der Waals surface area contributed by atoms with Crippen LogP contribution in [0, 0.1) is 39.5 Å². The first-order valence-electron chi connectivity index (χ1n) is 12.8. The van der Waals surface area contributed by atoms with E-state index in [1.54, 1.807) is 30.3 Å². The summed E-state index contributed by atoms with van der Waals surface area (Å²) in [7, 11) is -4.17. The minimum atomic E-state index is -4.17. The van der Waals surface area contributed by atoms with Crippen LogP contribution in [0.2, 0.25) is 0 Å². The molecule has 3 aromatic carbocycles. The third-order valence-corrected chi connectivity index (χ3v) is 9.21. The lowest BCUT2D eigenvalue weighted by molar-refractivity contribution is 0.104. The van der Waals surface area contributed by atoms with Crippen LogP contribution < -0.4 is 5.30 Å². The van der Waals surface area contributed by atoms with E-state index in [0.717, 1.165) is 46.2 Å². The molecule has 3 aromatic rings. The van der Waals surface area contributed by atoms with E-state index in [4.69, 9.17) is 0 Å². The van der Waals surface area contributed by atoms with E-state index in [1.165, 1.54) is 0 Å². The lowest BCUT2D eigenvalue weighted by Crippen LogP contribution is -2.23. The Hall–Kier alpha value is -2.77. The first kappa shape index (κ1) is 27.8. The van der Waals surface area contributed by atoms with Gasteiger partial charge in [0.2, 0.25) is 18.2 Å². The summed E-state index contributed by atoms with van der Waals surface area (Å²) in [5.41, 5.74) is 4.99. The Morgan fingerprint density at radius 1 is 0.639 bits per heavy atom. The lowest BCUT2D eigenvalue weighted by atomic mass is 9.95. The maximum Gasteiger partial charge on any atom is 0.248 e. The molecule has 0 bridgehead atoms. The first-order chi connectivity index (χ1) is 16.9. The predicted molar refractivity (Wildman–Crippen MR) is 151 cm³/mol. The van der Waals surface area contributed by atoms with Crippen LogP contribution in [0.4, 0.5) is 0 Å². The highest BCUT2D eigenvalue weighted by atomic mass is 31.2. The average Bonchev–Trinajstić information content (AvgIpc) is 2.77. The summed E-state index contributed by atoms with van der Waals surface area (Å²) in [6.07, 6.45) is 1.79. The van der Waals surface area contributed by atoms with Gasteiger partial charge in [0.1, 0.15) is 0 Å². The second kappa shape index (κ2) is 11.1. The molecule has 0 spiro atoms. The molecule has 0 saturated carbocycles. The second-order valence-corrected chi connectivity index (χ2v) is 13.5. The van der Waals surface area contributed by atoms with E-state index in [1.807, 2.05) is 52.0 Å². The number of carbonyl (C=O) groups is 2. The maximum atomic E-state index is 14.9. The minimum Gasteiger partial charge on any atom is -0.302 e. The summed E-state index contributed by atoms with van der Waals surface area (Å²) in [6.45, 7) is 16.1. The van der Waals surface area contributed by atoms with Gasteiger partial charge >= 0.3 is 0 Å². The normalized spacial score (nSPS) is 11.8. The van der Waals surface area contributed by atoms with E-state index >= 15 is 0 Å². The highest BCUT2D eigenvalue weighted by Crippen LogP contribution is 2.52. The van der Waals surface area contributed by atoms with Crippen molar-refractivity contribution in [2.45, 2.75) is 68.2 Å². The number of aryl methyl sites for hydroxylation is 4. The fourth-order valence-corrected chi connectivity index (χ4v) is 7.82. The van der Waals surface area contributed by atoms with Crippen LogP contribution >= 0.6 is 7.14 Å². The quantitative estimate of drug-likeness (QED) is 0.279. The Bertz CT molecular complexity index is 1210. The van der Waals surface area contributed by atoms with Crippen molar-refractivity contribution in [2.75, 3.05) is 0 Å². The van der Waals surface area contributed by atoms with Gasteiger partial charge in [-0.1, -0.05) is 82.3 Å². The van der Waals surface area contributed by atoms with E-state index in [9.17, 15) is 14.2 Å². The predicted octanol–water partition coefficient (Wildman–Crippen LogP) is 7.99. The van der Waals surface area contributed by atoms with Gasteiger partial charge in [-0.05, 0) is 85.8 Å². The molecule has 4 heteroatoms. The molecule has 0 aromatic heterocycles. The first-order valence-corrected chi connectivity index (χ1v) is 14.5. The lowest BCUT2D eigenvalue weighted by Gasteiger charge is -2.22. The molecule has 0 heterocycles. The number of hydrogen-bond donors (Lipinski definition) is 0. The summed E-state index contributed by atoms with van der Waals surface area (Å²) >= 11 is 0. The Morgan fingerprint density at radius 2 is 0.972 bits per heavy atom. The second-order valence-electron chi connectivity index (χ2n) is 11.0. The largest absolute Gasteiger partial charge is 0.302 e. The smallest absolute Gasteiger partial charge is 0.248 e. The van der Waals surface area contributed by atoms with Crippen molar-refractivity contribution < 1.29 is 14.2 Å². The van der Waals surface area contributed by atoms with Gasteiger partial charge in [-0.3, -0.25) is 9.59 Å². The standard InChI is InChI=1S/C32H39O3P/c1-20(2)14-26-16-22(5)29(23(6)17-26)31(33)36(35,28-12-10-9-11-13-28)32(34)30-24(7)18-27(15-21(3)4)19-25(30)8/h9-13,16-21H,14-15H2,1-8H3. The molecule has 0 N–H and O–H groups in total. The molecule has 0 atom stereocenters. The number of benzene rings is 3. The third kappa shape index (κ3) is 5.62. The highest BCUT2D eigenvalue weighted by molar-refractivity contribution is 8.01. The van der Waals surface area contributed by atoms with Crippen LogP contribution in [-0.2, 0) is 17.4 Å². The van der Waals surface area contributed by atoms with Gasteiger partial charge in [-0.2, -0.15) is 0 Å². The Morgan fingerprint density at radius 3 is 1.28 bits per heavy atom. The SMILES string of the molecule is Cc1cc(CC(C)C)cc(C)c1C(=O)P(=O)(C(=O)c1c(C)cc(CC(C)C)cc1C)c1ccccc1. The average molecular weight is 503 g/mol. The fourth-order valence-electron chi connectivity index (χ4n) is 5.24. The molecule has 0 radical (unpaired) electrons. The van der Waals surface area contributed by atoms with Gasteiger partial charge in [0.15, 0.2) is 0 Å². The molecule has 190 valence electrons. The maximum absolute atomic E-state index is 14.9. The molecule has 3 nitrogen and oxygen atoms in total. The topological polar surface area (TPSA) is 51.2 Å². The zero-order chi connectivity index (χ0) is 26.8. The Balaban J connectivity index is 2.21. The number of carbonyl (C=O) groups excluding carboxylic acids is 2. The van der Waals surface area contributed by atoms with Crippen molar-refractivity contribution >= 4 is 23.5 Å². The minimum absolute atomic E-state index is 0.287. The van der Waals surface area contributed by atoms with Gasteiger partial charge in [0, 0.05) is 16.4 Å². The molecule has 3 rings (SSSR count). The van der Waals surface area contributed by atoms with Crippen molar-refractivity contribution in [3.8, 4) is 0 Å². The Labute approximate surface area is 216 Å². The van der Waals surface area contributed by atoms with Crippen LogP contribution in [0.25, 0.3) is 0 Å². The summed E-state index contributed by atoms with van der Waals surface area (Å²) in [5, 5.41) is 0.287. The van der Waals surface area contributed by atoms with Crippen molar-refractivity contribution in [3.05, 3.63) is 99.1 Å². The summed E-state index contributed by atoms with van der Waals surface area (Å²) < 4.78 is 14.9. The van der Waals surface area contributed by atoms with Crippen molar-refractivity contribution in [3.63, 3.8) is 0 Å². The summed E-state index contributed by atoms with van der Waals surface area (Å²) in [6, 6.07) is 16.6. The van der Waals surface area contributed by atoms with Crippen LogP contribution in [0.1, 0.15) is 81.8 Å². The van der Waals surface area contributed by atoms with Crippen molar-refractivity contribution in [1.29, 1.82) is 0 Å². The van der Waals surface area contributed by atoms with E-state index in [0.29, 0.717) is 23.0 Å². The van der Waals surface area contributed by atoms with Crippen molar-refractivity contribution in [1.82, 2.24) is 0 Å². The molecule has 0 aliphatic heterocycles. The molecule has 0 fully saturated rings. The van der Waals surface area contributed by atoms with Crippen LogP contribution in [0.15, 0.2) is 54.6 Å². The molecular formula is C32H39O3P. The van der Waals surface area contributed by atoms with Gasteiger partial charge in [-0.25, -0.2) is 0 Å². The highest BCUT2D eigenvalue weighted by Gasteiger charge is 2.44. The molecule has 36 heavy (non-hydrogen) atoms. The molecule has 0 aliphatic rings. The number of rotatable bonds is 9. The van der Waals surface area contributed by atoms with Crippen LogP contribution in [0.3, 0.4) is 0 Å². The molecule has 0 saturated heterocycles. The van der Waals surface area contributed by atoms with E-state index < -0.39 is 18.2 Å². The van der Waals surface area contributed by atoms with Gasteiger partial charge in [0.25, 0.3) is 0 Å². The molecular weight excluding hydrogens is 463 g/mol. The summed E-state index contributed by atoms with van der Waals surface area (Å²) in [5.74, 6) is 0.957. The Kier molecular flexibility index (Phi) is 8.57. The molecule has 0 aliphatic carbocycles. The monoisotopic (exact) mass is 502 g/mol. The summed E-state index contributed by atoms with van der Waals surface area (Å²) in [4.78, 5) is 28.4. The van der Waals surface area contributed by atoms with Gasteiger partial charge in [-0.15, -0.1) is 0 Å². The zero-order valence-electron chi connectivity index (χ0n) is 22.9. The third-order valence-electron chi connectivity index (χ3n) is 6.59. The van der Waals surface area contributed by atoms with Crippen LogP contribution in [-0.4, -0.2) is 11.0 Å².